The molecule has 0 bridgehead atoms. The minimum atomic E-state index is 0.862. The number of benzene rings is 10. The van der Waals surface area contributed by atoms with E-state index in [1.165, 1.54) is 43.8 Å². The predicted molar refractivity (Wildman–Crippen MR) is 245 cm³/mol. The quantitative estimate of drug-likeness (QED) is 0.151. The molecule has 0 saturated carbocycles. The van der Waals surface area contributed by atoms with Gasteiger partial charge in [0.2, 0.25) is 0 Å². The molecule has 0 spiro atoms. The van der Waals surface area contributed by atoms with E-state index in [1.54, 1.807) is 0 Å². The molecule has 272 valence electrons. The first-order chi connectivity index (χ1) is 28.8. The van der Waals surface area contributed by atoms with Gasteiger partial charge in [0.05, 0.1) is 5.69 Å². The number of rotatable bonds is 7. The van der Waals surface area contributed by atoms with Crippen LogP contribution >= 0.6 is 0 Å². The largest absolute Gasteiger partial charge is 0.456 e. The van der Waals surface area contributed by atoms with Crippen LogP contribution in [-0.4, -0.2) is 0 Å². The molecule has 0 aliphatic carbocycles. The van der Waals surface area contributed by atoms with Crippen molar-refractivity contribution in [2.24, 2.45) is 0 Å². The number of para-hydroxylation sites is 1. The van der Waals surface area contributed by atoms with Gasteiger partial charge in [0.15, 0.2) is 0 Å². The van der Waals surface area contributed by atoms with Crippen molar-refractivity contribution in [1.82, 2.24) is 0 Å². The lowest BCUT2D eigenvalue weighted by atomic mass is 9.92. The summed E-state index contributed by atoms with van der Waals surface area (Å²) in [7, 11) is 0. The molecular weight excluding hydrogens is 703 g/mol. The number of hydrogen-bond donors (Lipinski definition) is 0. The Labute approximate surface area is 337 Å². The van der Waals surface area contributed by atoms with Crippen LogP contribution in [0.4, 0.5) is 17.1 Å². The van der Waals surface area contributed by atoms with Gasteiger partial charge in [-0.1, -0.05) is 170 Å². The number of nitrogens with zero attached hydrogens (tertiary/aromatic N) is 1. The Bertz CT molecular complexity index is 3270. The van der Waals surface area contributed by atoms with Crippen LogP contribution < -0.4 is 4.90 Å². The van der Waals surface area contributed by atoms with Crippen LogP contribution in [0.5, 0.6) is 0 Å². The lowest BCUT2D eigenvalue weighted by Crippen LogP contribution is -2.11. The van der Waals surface area contributed by atoms with Gasteiger partial charge < -0.3 is 9.32 Å². The van der Waals surface area contributed by atoms with E-state index < -0.39 is 0 Å². The third-order valence-corrected chi connectivity index (χ3v) is 11.4. The van der Waals surface area contributed by atoms with Gasteiger partial charge >= 0.3 is 0 Å². The van der Waals surface area contributed by atoms with E-state index in [9.17, 15) is 0 Å². The van der Waals surface area contributed by atoms with E-state index in [-0.39, 0.29) is 0 Å². The highest BCUT2D eigenvalue weighted by atomic mass is 16.3. The monoisotopic (exact) mass is 739 g/mol. The topological polar surface area (TPSA) is 16.4 Å². The van der Waals surface area contributed by atoms with Crippen LogP contribution in [0.1, 0.15) is 0 Å². The highest BCUT2D eigenvalue weighted by molar-refractivity contribution is 6.17. The van der Waals surface area contributed by atoms with Gasteiger partial charge in [0, 0.05) is 27.7 Å². The van der Waals surface area contributed by atoms with Crippen LogP contribution in [0.25, 0.3) is 88.0 Å². The number of hydrogen-bond acceptors (Lipinski definition) is 2. The lowest BCUT2D eigenvalue weighted by Gasteiger charge is -2.29. The summed E-state index contributed by atoms with van der Waals surface area (Å²) in [5.41, 5.74) is 14.3. The van der Waals surface area contributed by atoms with Crippen molar-refractivity contribution in [3.63, 3.8) is 0 Å². The van der Waals surface area contributed by atoms with Crippen LogP contribution in [0, 0.1) is 0 Å². The Hall–Kier alpha value is -7.68. The van der Waals surface area contributed by atoms with Crippen LogP contribution in [0.3, 0.4) is 0 Å². The molecular formula is C56H37NO. The zero-order chi connectivity index (χ0) is 38.4. The molecule has 2 nitrogen and oxygen atoms in total. The Kier molecular flexibility index (Phi) is 8.19. The molecule has 0 aliphatic heterocycles. The normalized spacial score (nSPS) is 11.4. The fourth-order valence-corrected chi connectivity index (χ4v) is 8.74. The fourth-order valence-electron chi connectivity index (χ4n) is 8.74. The summed E-state index contributed by atoms with van der Waals surface area (Å²) in [6.07, 6.45) is 0. The van der Waals surface area contributed by atoms with Gasteiger partial charge in [0.1, 0.15) is 11.2 Å². The Morgan fingerprint density at radius 3 is 1.69 bits per heavy atom. The van der Waals surface area contributed by atoms with Crippen molar-refractivity contribution in [3.8, 4) is 44.5 Å². The summed E-state index contributed by atoms with van der Waals surface area (Å²) in [5, 5.41) is 7.18. The highest BCUT2D eigenvalue weighted by Gasteiger charge is 2.24. The molecule has 11 aromatic rings. The minimum absolute atomic E-state index is 0.862. The Balaban J connectivity index is 1.18. The SMILES string of the molecule is c1ccc(-c2ccc(N(c3cccc(-c4cc5ccccc5c5ccccc45)c3)c3ccc4oc5ccccc5c4c3-c3cccc(-c4ccccc4)c3)cc2)cc1. The molecule has 2 heteroatoms. The Morgan fingerprint density at radius 1 is 0.310 bits per heavy atom. The molecule has 0 N–H and O–H groups in total. The Morgan fingerprint density at radius 2 is 0.897 bits per heavy atom. The van der Waals surface area contributed by atoms with Gasteiger partial charge in [0.25, 0.3) is 0 Å². The lowest BCUT2D eigenvalue weighted by molar-refractivity contribution is 0.669. The number of fused-ring (bicyclic) bond motifs is 6. The van der Waals surface area contributed by atoms with Gasteiger partial charge in [-0.3, -0.25) is 0 Å². The zero-order valence-electron chi connectivity index (χ0n) is 31.7. The van der Waals surface area contributed by atoms with Crippen molar-refractivity contribution >= 4 is 60.5 Å². The third kappa shape index (κ3) is 5.82. The second-order valence-electron chi connectivity index (χ2n) is 14.9. The average Bonchev–Trinajstić information content (AvgIpc) is 3.69. The molecule has 1 heterocycles. The molecule has 0 aliphatic rings. The van der Waals surface area contributed by atoms with Crippen LogP contribution in [0.15, 0.2) is 229 Å². The fraction of sp³-hybridized carbons (Fsp3) is 0. The van der Waals surface area contributed by atoms with E-state index in [2.05, 4.69) is 223 Å². The second-order valence-corrected chi connectivity index (χ2v) is 14.9. The number of anilines is 3. The second kappa shape index (κ2) is 14.1. The molecule has 1 aromatic heterocycles. The molecule has 0 radical (unpaired) electrons. The summed E-state index contributed by atoms with van der Waals surface area (Å²) in [5.74, 6) is 0. The van der Waals surface area contributed by atoms with Crippen molar-refractivity contribution in [3.05, 3.63) is 224 Å². The third-order valence-electron chi connectivity index (χ3n) is 11.4. The van der Waals surface area contributed by atoms with Crippen LogP contribution in [0.2, 0.25) is 0 Å². The minimum Gasteiger partial charge on any atom is -0.456 e. The van der Waals surface area contributed by atoms with E-state index in [1.807, 2.05) is 6.07 Å². The standard InChI is InChI=1S/C56H37NO/c1-3-15-38(16-4-1)40-29-31-45(32-30-40)57(46-23-14-21-42(36-46)51-37-43-19-7-8-24-47(43)48-25-9-10-26-49(48)51)52-33-34-54-56(50-27-11-12-28-53(50)58-54)55(52)44-22-13-20-41(35-44)39-17-5-2-6-18-39/h1-37H. The van der Waals surface area contributed by atoms with Crippen molar-refractivity contribution in [1.29, 1.82) is 0 Å². The number of furan rings is 1. The molecule has 0 unspecified atom stereocenters. The van der Waals surface area contributed by atoms with Crippen molar-refractivity contribution < 1.29 is 4.42 Å². The van der Waals surface area contributed by atoms with Gasteiger partial charge in [-0.05, 0) is 115 Å². The molecule has 0 amide bonds. The summed E-state index contributed by atoms with van der Waals surface area (Å²) < 4.78 is 6.57. The summed E-state index contributed by atoms with van der Waals surface area (Å²) >= 11 is 0. The average molecular weight is 740 g/mol. The molecule has 11 rings (SSSR count). The molecule has 58 heavy (non-hydrogen) atoms. The smallest absolute Gasteiger partial charge is 0.136 e. The van der Waals surface area contributed by atoms with Gasteiger partial charge in [-0.15, -0.1) is 0 Å². The van der Waals surface area contributed by atoms with Crippen LogP contribution in [-0.2, 0) is 0 Å². The first-order valence-corrected chi connectivity index (χ1v) is 19.8. The van der Waals surface area contributed by atoms with E-state index in [4.69, 9.17) is 4.42 Å². The predicted octanol–water partition coefficient (Wildman–Crippen LogP) is 16.0. The molecule has 0 fully saturated rings. The summed E-state index contributed by atoms with van der Waals surface area (Å²) in [6.45, 7) is 0. The summed E-state index contributed by atoms with van der Waals surface area (Å²) in [4.78, 5) is 2.42. The molecule has 0 atom stereocenters. The maximum Gasteiger partial charge on any atom is 0.136 e. The first-order valence-electron chi connectivity index (χ1n) is 19.8. The van der Waals surface area contributed by atoms with Crippen molar-refractivity contribution in [2.75, 3.05) is 4.90 Å². The van der Waals surface area contributed by atoms with E-state index in [0.717, 1.165) is 61.3 Å². The maximum absolute atomic E-state index is 6.57. The highest BCUT2D eigenvalue weighted by Crippen LogP contribution is 2.48. The van der Waals surface area contributed by atoms with Gasteiger partial charge in [-0.25, -0.2) is 0 Å². The first kappa shape index (κ1) is 33.6. The van der Waals surface area contributed by atoms with E-state index in [0.29, 0.717) is 0 Å². The van der Waals surface area contributed by atoms with Gasteiger partial charge in [-0.2, -0.15) is 0 Å². The van der Waals surface area contributed by atoms with Crippen molar-refractivity contribution in [2.45, 2.75) is 0 Å². The molecule has 0 saturated heterocycles. The van der Waals surface area contributed by atoms with E-state index >= 15 is 0 Å². The zero-order valence-corrected chi connectivity index (χ0v) is 31.7. The molecule has 10 aromatic carbocycles. The summed E-state index contributed by atoms with van der Waals surface area (Å²) in [6, 6.07) is 80.7. The maximum atomic E-state index is 6.57.